The number of pyridine rings is 1. The predicted octanol–water partition coefficient (Wildman–Crippen LogP) is 4.08. The lowest BCUT2D eigenvalue weighted by molar-refractivity contribution is -0.137. The summed E-state index contributed by atoms with van der Waals surface area (Å²) in [5.74, 6) is 0.357. The zero-order valence-corrected chi connectivity index (χ0v) is 10.3. The van der Waals surface area contributed by atoms with Gasteiger partial charge in [0.05, 0.1) is 28.2 Å². The topological polar surface area (TPSA) is 50.9 Å². The summed E-state index contributed by atoms with van der Waals surface area (Å²) in [5, 5.41) is 2.89. The van der Waals surface area contributed by atoms with E-state index in [1.165, 1.54) is 12.3 Å². The van der Waals surface area contributed by atoms with Gasteiger partial charge in [0.2, 0.25) is 0 Å². The van der Waals surface area contributed by atoms with Crippen molar-refractivity contribution < 1.29 is 13.2 Å². The second kappa shape index (κ2) is 4.97. The first-order chi connectivity index (χ1) is 8.86. The highest BCUT2D eigenvalue weighted by atomic mass is 35.5. The molecule has 1 aromatic carbocycles. The summed E-state index contributed by atoms with van der Waals surface area (Å²) in [4.78, 5) is 3.93. The molecule has 1 heterocycles. The molecule has 0 aliphatic heterocycles. The van der Waals surface area contributed by atoms with Crippen molar-refractivity contribution in [3.05, 3.63) is 47.1 Å². The maximum atomic E-state index is 12.6. The molecule has 0 saturated heterocycles. The molecule has 0 unspecified atom stereocenters. The summed E-state index contributed by atoms with van der Waals surface area (Å²) in [6.45, 7) is 0. The normalized spacial score (nSPS) is 11.4. The van der Waals surface area contributed by atoms with Crippen LogP contribution in [0.25, 0.3) is 0 Å². The molecule has 0 amide bonds. The SMILES string of the molecule is Nc1ccc(Nc2cc(C(F)(F)F)ccc2Cl)nc1. The molecule has 3 N–H and O–H groups in total. The van der Waals surface area contributed by atoms with Crippen molar-refractivity contribution in [2.24, 2.45) is 0 Å². The van der Waals surface area contributed by atoms with Crippen LogP contribution in [-0.2, 0) is 6.18 Å². The van der Waals surface area contributed by atoms with Crippen LogP contribution in [-0.4, -0.2) is 4.98 Å². The first kappa shape index (κ1) is 13.5. The van der Waals surface area contributed by atoms with E-state index in [-0.39, 0.29) is 10.7 Å². The van der Waals surface area contributed by atoms with E-state index in [0.717, 1.165) is 12.1 Å². The third-order valence-electron chi connectivity index (χ3n) is 2.34. The number of aromatic nitrogens is 1. The molecule has 100 valence electrons. The predicted molar refractivity (Wildman–Crippen MR) is 68.4 cm³/mol. The highest BCUT2D eigenvalue weighted by Gasteiger charge is 2.30. The fraction of sp³-hybridized carbons (Fsp3) is 0.0833. The van der Waals surface area contributed by atoms with Crippen molar-refractivity contribution in [2.75, 3.05) is 11.1 Å². The van der Waals surface area contributed by atoms with Gasteiger partial charge in [-0.3, -0.25) is 0 Å². The molecule has 0 aliphatic carbocycles. The Hall–Kier alpha value is -1.95. The standard InChI is InChI=1S/C12H9ClF3N3/c13-9-3-1-7(12(14,15)16)5-10(9)19-11-4-2-8(17)6-18-11/h1-6H,17H2,(H,18,19). The molecule has 19 heavy (non-hydrogen) atoms. The zero-order chi connectivity index (χ0) is 14.0. The molecule has 0 aliphatic rings. The van der Waals surface area contributed by atoms with Crippen molar-refractivity contribution in [1.82, 2.24) is 4.98 Å². The fourth-order valence-corrected chi connectivity index (χ4v) is 1.58. The summed E-state index contributed by atoms with van der Waals surface area (Å²) in [5.41, 5.74) is 5.28. The highest BCUT2D eigenvalue weighted by Crippen LogP contribution is 2.34. The molecule has 2 rings (SSSR count). The third-order valence-corrected chi connectivity index (χ3v) is 2.67. The maximum Gasteiger partial charge on any atom is 0.416 e. The van der Waals surface area contributed by atoms with E-state index < -0.39 is 11.7 Å². The molecular weight excluding hydrogens is 279 g/mol. The van der Waals surface area contributed by atoms with E-state index in [1.54, 1.807) is 12.1 Å². The van der Waals surface area contributed by atoms with Crippen LogP contribution in [0.15, 0.2) is 36.5 Å². The van der Waals surface area contributed by atoms with Crippen molar-refractivity contribution in [2.45, 2.75) is 6.18 Å². The van der Waals surface area contributed by atoms with Crippen molar-refractivity contribution >= 4 is 28.8 Å². The molecule has 7 heteroatoms. The van der Waals surface area contributed by atoms with E-state index >= 15 is 0 Å². The summed E-state index contributed by atoms with van der Waals surface area (Å²) in [6, 6.07) is 6.16. The smallest absolute Gasteiger partial charge is 0.397 e. The monoisotopic (exact) mass is 287 g/mol. The van der Waals surface area contributed by atoms with Crippen molar-refractivity contribution in [3.8, 4) is 0 Å². The minimum atomic E-state index is -4.42. The molecule has 0 fully saturated rings. The fourth-order valence-electron chi connectivity index (χ4n) is 1.41. The van der Waals surface area contributed by atoms with Gasteiger partial charge < -0.3 is 11.1 Å². The third kappa shape index (κ3) is 3.29. The van der Waals surface area contributed by atoms with Crippen LogP contribution in [0, 0.1) is 0 Å². The van der Waals surface area contributed by atoms with Gasteiger partial charge in [0.25, 0.3) is 0 Å². The first-order valence-corrected chi connectivity index (χ1v) is 5.59. The Morgan fingerprint density at radius 1 is 1.16 bits per heavy atom. The Morgan fingerprint density at radius 2 is 1.89 bits per heavy atom. The van der Waals surface area contributed by atoms with Crippen LogP contribution < -0.4 is 11.1 Å². The van der Waals surface area contributed by atoms with Crippen molar-refractivity contribution in [1.29, 1.82) is 0 Å². The number of rotatable bonds is 2. The van der Waals surface area contributed by atoms with Gasteiger partial charge in [0.1, 0.15) is 5.82 Å². The highest BCUT2D eigenvalue weighted by molar-refractivity contribution is 6.33. The van der Waals surface area contributed by atoms with Gasteiger partial charge in [-0.05, 0) is 30.3 Å². The Kier molecular flexibility index (Phi) is 3.53. The lowest BCUT2D eigenvalue weighted by Crippen LogP contribution is -2.05. The number of hydrogen-bond acceptors (Lipinski definition) is 3. The second-order valence-corrected chi connectivity index (χ2v) is 4.20. The number of halogens is 4. The van der Waals surface area contributed by atoms with E-state index in [2.05, 4.69) is 10.3 Å². The lowest BCUT2D eigenvalue weighted by atomic mass is 10.2. The number of anilines is 3. The Morgan fingerprint density at radius 3 is 2.47 bits per heavy atom. The van der Waals surface area contributed by atoms with Crippen LogP contribution in [0.5, 0.6) is 0 Å². The Balaban J connectivity index is 2.31. The number of hydrogen-bond donors (Lipinski definition) is 2. The van der Waals surface area contributed by atoms with E-state index in [4.69, 9.17) is 17.3 Å². The quantitative estimate of drug-likeness (QED) is 0.875. The molecule has 3 nitrogen and oxygen atoms in total. The van der Waals surface area contributed by atoms with Gasteiger partial charge in [-0.1, -0.05) is 11.6 Å². The summed E-state index contributed by atoms with van der Waals surface area (Å²) < 4.78 is 37.8. The first-order valence-electron chi connectivity index (χ1n) is 5.21. The van der Waals surface area contributed by atoms with Gasteiger partial charge in [-0.15, -0.1) is 0 Å². The number of benzene rings is 1. The van der Waals surface area contributed by atoms with Gasteiger partial charge in [-0.25, -0.2) is 4.98 Å². The molecule has 2 aromatic rings. The van der Waals surface area contributed by atoms with Crippen LogP contribution in [0.3, 0.4) is 0 Å². The largest absolute Gasteiger partial charge is 0.416 e. The zero-order valence-electron chi connectivity index (χ0n) is 9.50. The molecule has 0 bridgehead atoms. The molecule has 0 spiro atoms. The minimum absolute atomic E-state index is 0.133. The van der Waals surface area contributed by atoms with Crippen LogP contribution >= 0.6 is 11.6 Å². The molecule has 0 atom stereocenters. The van der Waals surface area contributed by atoms with Gasteiger partial charge in [-0.2, -0.15) is 13.2 Å². The minimum Gasteiger partial charge on any atom is -0.397 e. The van der Waals surface area contributed by atoms with Crippen LogP contribution in [0.1, 0.15) is 5.56 Å². The average molecular weight is 288 g/mol. The molecule has 1 aromatic heterocycles. The van der Waals surface area contributed by atoms with E-state index in [0.29, 0.717) is 11.5 Å². The second-order valence-electron chi connectivity index (χ2n) is 3.79. The molecule has 0 radical (unpaired) electrons. The lowest BCUT2D eigenvalue weighted by Gasteiger charge is -2.12. The summed E-state index contributed by atoms with van der Waals surface area (Å²) >= 11 is 5.85. The number of nitrogens with zero attached hydrogens (tertiary/aromatic N) is 1. The molecule has 0 saturated carbocycles. The Bertz CT molecular complexity index is 582. The maximum absolute atomic E-state index is 12.6. The van der Waals surface area contributed by atoms with Crippen LogP contribution in [0.4, 0.5) is 30.4 Å². The van der Waals surface area contributed by atoms with Crippen LogP contribution in [0.2, 0.25) is 5.02 Å². The van der Waals surface area contributed by atoms with E-state index in [1.807, 2.05) is 0 Å². The van der Waals surface area contributed by atoms with Crippen molar-refractivity contribution in [3.63, 3.8) is 0 Å². The number of nitrogens with one attached hydrogen (secondary N) is 1. The average Bonchev–Trinajstić information content (AvgIpc) is 2.33. The van der Waals surface area contributed by atoms with Gasteiger partial charge in [0, 0.05) is 0 Å². The van der Waals surface area contributed by atoms with E-state index in [9.17, 15) is 13.2 Å². The number of nitrogens with two attached hydrogens (primary N) is 1. The summed E-state index contributed by atoms with van der Waals surface area (Å²) in [6.07, 6.45) is -3.03. The Labute approximate surface area is 112 Å². The van der Waals surface area contributed by atoms with Gasteiger partial charge >= 0.3 is 6.18 Å². The summed E-state index contributed by atoms with van der Waals surface area (Å²) in [7, 11) is 0. The number of alkyl halides is 3. The number of nitrogen functional groups attached to an aromatic ring is 1. The van der Waals surface area contributed by atoms with Gasteiger partial charge in [0.15, 0.2) is 0 Å². The molecular formula is C12H9ClF3N3.